The first-order valence-electron chi connectivity index (χ1n) is 4.39. The lowest BCUT2D eigenvalue weighted by Crippen LogP contribution is -1.73. The first-order valence-corrected chi connectivity index (χ1v) is 5.21. The molecular weight excluding hydrogens is 194 g/mol. The number of aliphatic hydroxyl groups is 1. The van der Waals surface area contributed by atoms with Crippen molar-refractivity contribution >= 4 is 11.8 Å². The Morgan fingerprint density at radius 3 is 2.64 bits per heavy atom. The van der Waals surface area contributed by atoms with Gasteiger partial charge in [0, 0.05) is 11.1 Å². The van der Waals surface area contributed by atoms with E-state index >= 15 is 0 Å². The SMILES string of the molecule is OCc1c[nH]c(Sc2ccccc2)c1. The molecule has 0 radical (unpaired) electrons. The van der Waals surface area contributed by atoms with Crippen molar-refractivity contribution in [2.24, 2.45) is 0 Å². The van der Waals surface area contributed by atoms with Gasteiger partial charge in [-0.3, -0.25) is 0 Å². The molecule has 0 atom stereocenters. The Kier molecular flexibility index (Phi) is 2.91. The topological polar surface area (TPSA) is 36.0 Å². The largest absolute Gasteiger partial charge is 0.392 e. The Morgan fingerprint density at radius 2 is 2.00 bits per heavy atom. The zero-order valence-electron chi connectivity index (χ0n) is 7.60. The minimum Gasteiger partial charge on any atom is -0.392 e. The Labute approximate surface area is 87.0 Å². The van der Waals surface area contributed by atoms with Gasteiger partial charge in [0.25, 0.3) is 0 Å². The third kappa shape index (κ3) is 2.19. The summed E-state index contributed by atoms with van der Waals surface area (Å²) >= 11 is 1.66. The van der Waals surface area contributed by atoms with Crippen molar-refractivity contribution < 1.29 is 5.11 Å². The third-order valence-electron chi connectivity index (χ3n) is 1.87. The van der Waals surface area contributed by atoms with Crippen molar-refractivity contribution in [1.29, 1.82) is 0 Å². The summed E-state index contributed by atoms with van der Waals surface area (Å²) in [6.07, 6.45) is 1.82. The van der Waals surface area contributed by atoms with Crippen molar-refractivity contribution in [1.82, 2.24) is 4.98 Å². The van der Waals surface area contributed by atoms with E-state index in [1.807, 2.05) is 30.5 Å². The van der Waals surface area contributed by atoms with E-state index < -0.39 is 0 Å². The Balaban J connectivity index is 2.11. The van der Waals surface area contributed by atoms with Gasteiger partial charge in [0.05, 0.1) is 11.6 Å². The van der Waals surface area contributed by atoms with Crippen LogP contribution in [0.4, 0.5) is 0 Å². The van der Waals surface area contributed by atoms with E-state index in [9.17, 15) is 0 Å². The second-order valence-electron chi connectivity index (χ2n) is 2.95. The lowest BCUT2D eigenvalue weighted by Gasteiger charge is -1.96. The van der Waals surface area contributed by atoms with E-state index in [2.05, 4.69) is 17.1 Å². The predicted molar refractivity (Wildman–Crippen MR) is 57.3 cm³/mol. The smallest absolute Gasteiger partial charge is 0.0773 e. The van der Waals surface area contributed by atoms with Crippen LogP contribution >= 0.6 is 11.8 Å². The average Bonchev–Trinajstić information content (AvgIpc) is 2.67. The molecule has 2 rings (SSSR count). The van der Waals surface area contributed by atoms with Crippen LogP contribution in [0.2, 0.25) is 0 Å². The molecule has 14 heavy (non-hydrogen) atoms. The Hall–Kier alpha value is -1.19. The minimum atomic E-state index is 0.0891. The highest BCUT2D eigenvalue weighted by molar-refractivity contribution is 7.99. The van der Waals surface area contributed by atoms with E-state index in [0.717, 1.165) is 10.6 Å². The van der Waals surface area contributed by atoms with Crippen LogP contribution in [-0.2, 0) is 6.61 Å². The summed E-state index contributed by atoms with van der Waals surface area (Å²) in [6.45, 7) is 0.0891. The molecule has 0 amide bonds. The van der Waals surface area contributed by atoms with E-state index in [4.69, 9.17) is 5.11 Å². The molecular formula is C11H11NOS. The fraction of sp³-hybridized carbons (Fsp3) is 0.0909. The number of aromatic nitrogens is 1. The van der Waals surface area contributed by atoms with E-state index in [0.29, 0.717) is 0 Å². The van der Waals surface area contributed by atoms with Gasteiger partial charge >= 0.3 is 0 Å². The van der Waals surface area contributed by atoms with Crippen LogP contribution in [0.3, 0.4) is 0 Å². The number of rotatable bonds is 3. The normalized spacial score (nSPS) is 10.4. The Morgan fingerprint density at radius 1 is 1.21 bits per heavy atom. The molecule has 0 saturated carbocycles. The summed E-state index contributed by atoms with van der Waals surface area (Å²) < 4.78 is 0. The molecule has 2 N–H and O–H groups in total. The van der Waals surface area contributed by atoms with Gasteiger partial charge in [-0.25, -0.2) is 0 Å². The molecule has 3 heteroatoms. The van der Waals surface area contributed by atoms with Crippen molar-refractivity contribution in [3.63, 3.8) is 0 Å². The first kappa shape index (κ1) is 9.37. The number of benzene rings is 1. The van der Waals surface area contributed by atoms with E-state index in [1.165, 1.54) is 4.90 Å². The molecule has 1 aromatic carbocycles. The summed E-state index contributed by atoms with van der Waals surface area (Å²) in [4.78, 5) is 4.30. The van der Waals surface area contributed by atoms with Gasteiger partial charge in [-0.2, -0.15) is 0 Å². The van der Waals surface area contributed by atoms with Crippen molar-refractivity contribution in [2.75, 3.05) is 0 Å². The number of hydrogen-bond donors (Lipinski definition) is 2. The van der Waals surface area contributed by atoms with Crippen molar-refractivity contribution in [3.8, 4) is 0 Å². The summed E-state index contributed by atoms with van der Waals surface area (Å²) in [7, 11) is 0. The second-order valence-corrected chi connectivity index (χ2v) is 4.06. The molecule has 1 aromatic heterocycles. The first-order chi connectivity index (χ1) is 6.88. The third-order valence-corrected chi connectivity index (χ3v) is 2.83. The molecule has 0 aliphatic heterocycles. The highest BCUT2D eigenvalue weighted by Gasteiger charge is 1.99. The lowest BCUT2D eigenvalue weighted by molar-refractivity contribution is 0.282. The summed E-state index contributed by atoms with van der Waals surface area (Å²) in [5, 5.41) is 9.94. The van der Waals surface area contributed by atoms with Crippen LogP contribution in [0.1, 0.15) is 5.56 Å². The lowest BCUT2D eigenvalue weighted by atomic mass is 10.4. The van der Waals surface area contributed by atoms with Gasteiger partial charge in [0.2, 0.25) is 0 Å². The number of H-pyrrole nitrogens is 1. The van der Waals surface area contributed by atoms with Crippen LogP contribution in [0.15, 0.2) is 52.5 Å². The monoisotopic (exact) mass is 205 g/mol. The maximum absolute atomic E-state index is 8.89. The fourth-order valence-electron chi connectivity index (χ4n) is 1.18. The van der Waals surface area contributed by atoms with Crippen molar-refractivity contribution in [3.05, 3.63) is 48.2 Å². The molecule has 0 saturated heterocycles. The number of aromatic amines is 1. The summed E-state index contributed by atoms with van der Waals surface area (Å²) in [6, 6.07) is 12.1. The van der Waals surface area contributed by atoms with Crippen molar-refractivity contribution in [2.45, 2.75) is 16.5 Å². The molecule has 0 aliphatic carbocycles. The fourth-order valence-corrected chi connectivity index (χ4v) is 2.06. The molecule has 0 spiro atoms. The van der Waals surface area contributed by atoms with E-state index in [1.54, 1.807) is 11.8 Å². The molecule has 2 aromatic rings. The van der Waals surface area contributed by atoms with Crippen LogP contribution < -0.4 is 0 Å². The molecule has 0 aliphatic rings. The van der Waals surface area contributed by atoms with Gasteiger partial charge in [-0.1, -0.05) is 30.0 Å². The van der Waals surface area contributed by atoms with Crippen LogP contribution in [0, 0.1) is 0 Å². The number of hydrogen-bond acceptors (Lipinski definition) is 2. The molecule has 72 valence electrons. The van der Waals surface area contributed by atoms with Crippen LogP contribution in [-0.4, -0.2) is 10.1 Å². The molecule has 2 nitrogen and oxygen atoms in total. The zero-order valence-corrected chi connectivity index (χ0v) is 8.42. The molecule has 0 unspecified atom stereocenters. The van der Waals surface area contributed by atoms with Gasteiger partial charge in [0.15, 0.2) is 0 Å². The number of aliphatic hydroxyl groups excluding tert-OH is 1. The van der Waals surface area contributed by atoms with Gasteiger partial charge < -0.3 is 10.1 Å². The second kappa shape index (κ2) is 4.35. The van der Waals surface area contributed by atoms with Crippen LogP contribution in [0.5, 0.6) is 0 Å². The molecule has 0 fully saturated rings. The summed E-state index contributed by atoms with van der Waals surface area (Å²) in [5.74, 6) is 0. The van der Waals surface area contributed by atoms with E-state index in [-0.39, 0.29) is 6.61 Å². The van der Waals surface area contributed by atoms with Gasteiger partial charge in [-0.05, 0) is 23.8 Å². The standard InChI is InChI=1S/C11H11NOS/c13-8-9-6-11(12-7-9)14-10-4-2-1-3-5-10/h1-7,12-13H,8H2. The highest BCUT2D eigenvalue weighted by atomic mass is 32.2. The van der Waals surface area contributed by atoms with Gasteiger partial charge in [0.1, 0.15) is 0 Å². The van der Waals surface area contributed by atoms with Gasteiger partial charge in [-0.15, -0.1) is 0 Å². The minimum absolute atomic E-state index is 0.0891. The Bertz CT molecular complexity index is 397. The molecule has 1 heterocycles. The quantitative estimate of drug-likeness (QED) is 0.808. The molecule has 0 bridgehead atoms. The maximum atomic E-state index is 8.89. The number of nitrogens with one attached hydrogen (secondary N) is 1. The zero-order chi connectivity index (χ0) is 9.80. The highest BCUT2D eigenvalue weighted by Crippen LogP contribution is 2.26. The van der Waals surface area contributed by atoms with Crippen LogP contribution in [0.25, 0.3) is 0 Å². The predicted octanol–water partition coefficient (Wildman–Crippen LogP) is 2.66. The summed E-state index contributed by atoms with van der Waals surface area (Å²) in [5.41, 5.74) is 0.920. The maximum Gasteiger partial charge on any atom is 0.0773 e. The average molecular weight is 205 g/mol.